The molecule has 0 fully saturated rings. The fraction of sp³-hybridized carbons (Fsp3) is 0.200. The van der Waals surface area contributed by atoms with Crippen molar-refractivity contribution in [1.29, 1.82) is 5.26 Å². The molecule has 1 unspecified atom stereocenters. The Bertz CT molecular complexity index is 387. The van der Waals surface area contributed by atoms with Crippen molar-refractivity contribution in [3.63, 3.8) is 0 Å². The Balaban J connectivity index is 3.10. The van der Waals surface area contributed by atoms with Gasteiger partial charge in [-0.15, -0.1) is 0 Å². The lowest BCUT2D eigenvalue weighted by atomic mass is 9.92. The lowest BCUT2D eigenvalue weighted by molar-refractivity contribution is -0.122. The zero-order valence-electron chi connectivity index (χ0n) is 7.82. The molecule has 4 nitrogen and oxygen atoms in total. The summed E-state index contributed by atoms with van der Waals surface area (Å²) in [6.45, 7) is 1.54. The third-order valence-electron chi connectivity index (χ3n) is 2.13. The maximum Gasteiger partial charge on any atom is 0.241 e. The Morgan fingerprint density at radius 1 is 1.43 bits per heavy atom. The number of amides is 1. The van der Waals surface area contributed by atoms with Gasteiger partial charge in [0.15, 0.2) is 0 Å². The van der Waals surface area contributed by atoms with Crippen LogP contribution in [0.25, 0.3) is 0 Å². The first kappa shape index (κ1) is 10.2. The second-order valence-corrected chi connectivity index (χ2v) is 3.26. The fourth-order valence-electron chi connectivity index (χ4n) is 1.03. The number of hydrogen-bond acceptors (Lipinski definition) is 3. The van der Waals surface area contributed by atoms with Crippen LogP contribution in [0.4, 0.5) is 0 Å². The summed E-state index contributed by atoms with van der Waals surface area (Å²) in [5, 5.41) is 8.57. The van der Waals surface area contributed by atoms with E-state index in [0.29, 0.717) is 11.1 Å². The van der Waals surface area contributed by atoms with Crippen LogP contribution in [0.1, 0.15) is 18.1 Å². The fourth-order valence-corrected chi connectivity index (χ4v) is 1.03. The molecule has 0 aliphatic heterocycles. The van der Waals surface area contributed by atoms with Crippen molar-refractivity contribution < 1.29 is 4.79 Å². The molecule has 0 saturated carbocycles. The zero-order valence-corrected chi connectivity index (χ0v) is 7.82. The molecule has 0 spiro atoms. The average Bonchev–Trinajstić information content (AvgIpc) is 2.17. The van der Waals surface area contributed by atoms with E-state index in [1.165, 1.54) is 6.92 Å². The summed E-state index contributed by atoms with van der Waals surface area (Å²) < 4.78 is 0. The number of nitrogens with zero attached hydrogens (tertiary/aromatic N) is 1. The van der Waals surface area contributed by atoms with Crippen LogP contribution in [0, 0.1) is 11.3 Å². The SMILES string of the molecule is CC(N)(C(N)=O)c1ccc(C#N)cc1. The van der Waals surface area contributed by atoms with Crippen LogP contribution in [0.3, 0.4) is 0 Å². The highest BCUT2D eigenvalue weighted by atomic mass is 16.1. The number of hydrogen-bond donors (Lipinski definition) is 2. The van der Waals surface area contributed by atoms with Crippen LogP contribution in [-0.4, -0.2) is 5.91 Å². The summed E-state index contributed by atoms with van der Waals surface area (Å²) in [6.07, 6.45) is 0. The summed E-state index contributed by atoms with van der Waals surface area (Å²) >= 11 is 0. The lowest BCUT2D eigenvalue weighted by Gasteiger charge is -2.20. The van der Waals surface area contributed by atoms with E-state index < -0.39 is 11.4 Å². The van der Waals surface area contributed by atoms with E-state index in [1.807, 2.05) is 6.07 Å². The number of benzene rings is 1. The number of primary amides is 1. The van der Waals surface area contributed by atoms with Crippen LogP contribution in [0.5, 0.6) is 0 Å². The summed E-state index contributed by atoms with van der Waals surface area (Å²) in [5.41, 5.74) is 10.8. The maximum absolute atomic E-state index is 11.0. The Morgan fingerprint density at radius 3 is 2.29 bits per heavy atom. The molecule has 0 bridgehead atoms. The van der Waals surface area contributed by atoms with Crippen LogP contribution in [0.2, 0.25) is 0 Å². The van der Waals surface area contributed by atoms with E-state index in [2.05, 4.69) is 0 Å². The van der Waals surface area contributed by atoms with Gasteiger partial charge in [0.2, 0.25) is 5.91 Å². The minimum absolute atomic E-state index is 0.522. The third kappa shape index (κ3) is 1.73. The minimum Gasteiger partial charge on any atom is -0.368 e. The highest BCUT2D eigenvalue weighted by Gasteiger charge is 2.27. The first-order chi connectivity index (χ1) is 6.48. The van der Waals surface area contributed by atoms with Crippen LogP contribution in [-0.2, 0) is 10.3 Å². The van der Waals surface area contributed by atoms with Crippen molar-refractivity contribution in [2.24, 2.45) is 11.5 Å². The lowest BCUT2D eigenvalue weighted by Crippen LogP contribution is -2.46. The first-order valence-electron chi connectivity index (χ1n) is 4.08. The van der Waals surface area contributed by atoms with Crippen molar-refractivity contribution in [2.75, 3.05) is 0 Å². The third-order valence-corrected chi connectivity index (χ3v) is 2.13. The average molecular weight is 189 g/mol. The molecule has 0 aliphatic rings. The maximum atomic E-state index is 11.0. The molecule has 1 atom stereocenters. The molecule has 4 heteroatoms. The van der Waals surface area contributed by atoms with Gasteiger partial charge in [-0.05, 0) is 24.6 Å². The minimum atomic E-state index is -1.19. The molecule has 0 heterocycles. The molecule has 0 aromatic heterocycles. The molecule has 0 radical (unpaired) electrons. The van der Waals surface area contributed by atoms with Gasteiger partial charge in [0.25, 0.3) is 0 Å². The molecule has 0 saturated heterocycles. The van der Waals surface area contributed by atoms with Gasteiger partial charge >= 0.3 is 0 Å². The number of rotatable bonds is 2. The van der Waals surface area contributed by atoms with Gasteiger partial charge in [-0.25, -0.2) is 0 Å². The van der Waals surface area contributed by atoms with Crippen molar-refractivity contribution in [2.45, 2.75) is 12.5 Å². The largest absolute Gasteiger partial charge is 0.368 e. The van der Waals surface area contributed by atoms with Crippen molar-refractivity contribution in [1.82, 2.24) is 0 Å². The monoisotopic (exact) mass is 189 g/mol. The van der Waals surface area contributed by atoms with E-state index in [0.717, 1.165) is 0 Å². The second kappa shape index (κ2) is 3.48. The molecule has 72 valence electrons. The normalized spacial score (nSPS) is 14.1. The molecule has 1 aromatic carbocycles. The Labute approximate surface area is 82.1 Å². The predicted molar refractivity (Wildman–Crippen MR) is 51.9 cm³/mol. The molecule has 1 aromatic rings. The molecular formula is C10H11N3O. The molecular weight excluding hydrogens is 178 g/mol. The summed E-state index contributed by atoms with van der Waals surface area (Å²) in [4.78, 5) is 11.0. The zero-order chi connectivity index (χ0) is 10.8. The highest BCUT2D eigenvalue weighted by molar-refractivity contribution is 5.85. The van der Waals surface area contributed by atoms with Gasteiger partial charge in [-0.3, -0.25) is 4.79 Å². The number of nitrogens with two attached hydrogens (primary N) is 2. The summed E-state index contributed by atoms with van der Waals surface area (Å²) in [6, 6.07) is 8.44. The number of nitriles is 1. The molecule has 14 heavy (non-hydrogen) atoms. The summed E-state index contributed by atoms with van der Waals surface area (Å²) in [5.74, 6) is -0.595. The van der Waals surface area contributed by atoms with Gasteiger partial charge in [-0.2, -0.15) is 5.26 Å². The topological polar surface area (TPSA) is 92.9 Å². The van der Waals surface area contributed by atoms with Crippen molar-refractivity contribution in [3.8, 4) is 6.07 Å². The van der Waals surface area contributed by atoms with Crippen molar-refractivity contribution in [3.05, 3.63) is 35.4 Å². The molecule has 4 N–H and O–H groups in total. The smallest absolute Gasteiger partial charge is 0.241 e. The van der Waals surface area contributed by atoms with Gasteiger partial charge in [0.1, 0.15) is 5.54 Å². The van der Waals surface area contributed by atoms with Gasteiger partial charge in [0, 0.05) is 0 Å². The van der Waals surface area contributed by atoms with Crippen LogP contribution < -0.4 is 11.5 Å². The van der Waals surface area contributed by atoms with E-state index >= 15 is 0 Å². The van der Waals surface area contributed by atoms with Crippen molar-refractivity contribution >= 4 is 5.91 Å². The summed E-state index contributed by atoms with van der Waals surface area (Å²) in [7, 11) is 0. The van der Waals surface area contributed by atoms with Gasteiger partial charge in [0.05, 0.1) is 11.6 Å². The Hall–Kier alpha value is -1.86. The van der Waals surface area contributed by atoms with Gasteiger partial charge < -0.3 is 11.5 Å². The molecule has 0 aliphatic carbocycles. The van der Waals surface area contributed by atoms with E-state index in [9.17, 15) is 4.79 Å². The van der Waals surface area contributed by atoms with Crippen LogP contribution >= 0.6 is 0 Å². The standard InChI is InChI=1S/C10H11N3O/c1-10(13,9(12)14)8-4-2-7(6-11)3-5-8/h2-5H,13H2,1H3,(H2,12,14). The van der Waals surface area contributed by atoms with Crippen LogP contribution in [0.15, 0.2) is 24.3 Å². The quantitative estimate of drug-likeness (QED) is 0.696. The highest BCUT2D eigenvalue weighted by Crippen LogP contribution is 2.17. The number of carbonyl (C=O) groups is 1. The van der Waals surface area contributed by atoms with E-state index in [-0.39, 0.29) is 0 Å². The van der Waals surface area contributed by atoms with E-state index in [1.54, 1.807) is 24.3 Å². The number of carbonyl (C=O) groups excluding carboxylic acids is 1. The Morgan fingerprint density at radius 2 is 1.93 bits per heavy atom. The first-order valence-corrected chi connectivity index (χ1v) is 4.08. The Kier molecular flexibility index (Phi) is 2.54. The van der Waals surface area contributed by atoms with E-state index in [4.69, 9.17) is 16.7 Å². The molecule has 1 amide bonds. The second-order valence-electron chi connectivity index (χ2n) is 3.26. The van der Waals surface area contributed by atoms with Gasteiger partial charge in [-0.1, -0.05) is 12.1 Å². The predicted octanol–water partition coefficient (Wildman–Crippen LogP) is 0.217. The molecule has 1 rings (SSSR count).